The number of amides is 1. The minimum atomic E-state index is -0.579. The van der Waals surface area contributed by atoms with E-state index >= 15 is 0 Å². The number of carbonyl (C=O) groups excluding carboxylic acids is 1. The minimum Gasteiger partial charge on any atom is -0.348 e. The number of nitrogens with one attached hydrogen (secondary N) is 1. The first-order valence-corrected chi connectivity index (χ1v) is 8.32. The predicted molar refractivity (Wildman–Crippen MR) is 96.7 cm³/mol. The third-order valence-electron chi connectivity index (χ3n) is 4.52. The molecule has 0 unspecified atom stereocenters. The number of aryl methyl sites for hydroxylation is 1. The number of imidazole rings is 1. The fraction of sp³-hybridized carbons (Fsp3) is 0.300. The Balaban J connectivity index is 1.79. The molecule has 1 heterocycles. The summed E-state index contributed by atoms with van der Waals surface area (Å²) in [7, 11) is 0. The van der Waals surface area contributed by atoms with Crippen LogP contribution in [-0.4, -0.2) is 15.5 Å². The molecule has 0 aliphatic rings. The van der Waals surface area contributed by atoms with E-state index in [1.165, 1.54) is 0 Å². The summed E-state index contributed by atoms with van der Waals surface area (Å²) < 4.78 is 2.14. The highest BCUT2D eigenvalue weighted by Gasteiger charge is 2.29. The van der Waals surface area contributed by atoms with Gasteiger partial charge in [-0.25, -0.2) is 4.98 Å². The minimum absolute atomic E-state index is 0.00316. The van der Waals surface area contributed by atoms with E-state index in [4.69, 9.17) is 0 Å². The second-order valence-electron chi connectivity index (χ2n) is 6.43. The van der Waals surface area contributed by atoms with Crippen molar-refractivity contribution in [3.05, 3.63) is 66.0 Å². The molecule has 0 aliphatic carbocycles. The van der Waals surface area contributed by atoms with E-state index in [0.29, 0.717) is 6.54 Å². The van der Waals surface area contributed by atoms with Crippen LogP contribution in [0.2, 0.25) is 0 Å². The van der Waals surface area contributed by atoms with E-state index in [2.05, 4.69) is 27.9 Å². The van der Waals surface area contributed by atoms with E-state index in [1.54, 1.807) is 0 Å². The number of rotatable bonds is 5. The normalized spacial score (nSPS) is 11.6. The highest BCUT2D eigenvalue weighted by molar-refractivity contribution is 5.87. The maximum Gasteiger partial charge on any atom is 0.230 e. The van der Waals surface area contributed by atoms with Crippen molar-refractivity contribution in [2.24, 2.45) is 0 Å². The summed E-state index contributed by atoms with van der Waals surface area (Å²) in [5.74, 6) is 0.888. The number of benzene rings is 2. The van der Waals surface area contributed by atoms with Gasteiger partial charge < -0.3 is 9.88 Å². The van der Waals surface area contributed by atoms with Crippen LogP contribution in [0.4, 0.5) is 0 Å². The van der Waals surface area contributed by atoms with Gasteiger partial charge in [-0.2, -0.15) is 0 Å². The zero-order valence-corrected chi connectivity index (χ0v) is 14.4. The molecule has 3 rings (SSSR count). The molecule has 4 nitrogen and oxygen atoms in total. The highest BCUT2D eigenvalue weighted by atomic mass is 16.2. The largest absolute Gasteiger partial charge is 0.348 e. The van der Waals surface area contributed by atoms with E-state index in [1.807, 2.05) is 62.4 Å². The summed E-state index contributed by atoms with van der Waals surface area (Å²) in [5, 5.41) is 3.05. The van der Waals surface area contributed by atoms with Crippen molar-refractivity contribution in [1.29, 1.82) is 0 Å². The molecule has 1 aromatic heterocycles. The maximum absolute atomic E-state index is 12.7. The molecule has 1 amide bonds. The van der Waals surface area contributed by atoms with Crippen molar-refractivity contribution in [3.63, 3.8) is 0 Å². The Morgan fingerprint density at radius 3 is 2.46 bits per heavy atom. The third kappa shape index (κ3) is 2.92. The molecule has 24 heavy (non-hydrogen) atoms. The van der Waals surface area contributed by atoms with Crippen LogP contribution >= 0.6 is 0 Å². The fourth-order valence-electron chi connectivity index (χ4n) is 2.98. The molecular formula is C20H23N3O. The molecular weight excluding hydrogens is 298 g/mol. The Hall–Kier alpha value is -2.62. The lowest BCUT2D eigenvalue weighted by atomic mass is 9.84. The first-order chi connectivity index (χ1) is 11.5. The molecule has 0 radical (unpaired) electrons. The van der Waals surface area contributed by atoms with Gasteiger partial charge in [0.25, 0.3) is 0 Å². The van der Waals surface area contributed by atoms with Gasteiger partial charge in [-0.1, -0.05) is 42.5 Å². The summed E-state index contributed by atoms with van der Waals surface area (Å²) in [5.41, 5.74) is 2.49. The number of nitrogens with zero attached hydrogens (tertiary/aromatic N) is 2. The molecule has 0 atom stereocenters. The molecule has 0 aliphatic heterocycles. The molecule has 4 heteroatoms. The summed E-state index contributed by atoms with van der Waals surface area (Å²) >= 11 is 0. The second kappa shape index (κ2) is 6.48. The van der Waals surface area contributed by atoms with E-state index in [9.17, 15) is 4.79 Å². The van der Waals surface area contributed by atoms with Crippen molar-refractivity contribution in [1.82, 2.24) is 14.9 Å². The average Bonchev–Trinajstić information content (AvgIpc) is 2.97. The molecule has 0 saturated carbocycles. The summed E-state index contributed by atoms with van der Waals surface area (Å²) in [6, 6.07) is 17.9. The summed E-state index contributed by atoms with van der Waals surface area (Å²) in [6.07, 6.45) is 0. The Bertz CT molecular complexity index is 850. The number of fused-ring (bicyclic) bond motifs is 1. The molecule has 3 aromatic rings. The number of aromatic nitrogens is 2. The SMILES string of the molecule is CCn1c(CNC(=O)C(C)(C)c2ccccc2)nc2ccccc21. The number of para-hydroxylation sites is 2. The molecule has 0 fully saturated rings. The molecule has 0 saturated heterocycles. The Morgan fingerprint density at radius 2 is 1.75 bits per heavy atom. The lowest BCUT2D eigenvalue weighted by Gasteiger charge is -2.24. The first-order valence-electron chi connectivity index (χ1n) is 8.32. The van der Waals surface area contributed by atoms with Crippen molar-refractivity contribution < 1.29 is 4.79 Å². The molecule has 0 bridgehead atoms. The standard InChI is InChI=1S/C20H23N3O/c1-4-23-17-13-9-8-12-16(17)22-18(23)14-21-19(24)20(2,3)15-10-6-5-7-11-15/h5-13H,4,14H2,1-3H3,(H,21,24). The summed E-state index contributed by atoms with van der Waals surface area (Å²) in [6.45, 7) is 7.24. The maximum atomic E-state index is 12.7. The lowest BCUT2D eigenvalue weighted by Crippen LogP contribution is -2.40. The van der Waals surface area contributed by atoms with E-state index in [-0.39, 0.29) is 5.91 Å². The Kier molecular flexibility index (Phi) is 4.38. The van der Waals surface area contributed by atoms with Gasteiger partial charge in [-0.05, 0) is 38.5 Å². The number of hydrogen-bond donors (Lipinski definition) is 1. The smallest absolute Gasteiger partial charge is 0.230 e. The first kappa shape index (κ1) is 16.2. The second-order valence-corrected chi connectivity index (χ2v) is 6.43. The van der Waals surface area contributed by atoms with Crippen molar-refractivity contribution in [2.45, 2.75) is 39.3 Å². The van der Waals surface area contributed by atoms with E-state index < -0.39 is 5.41 Å². The van der Waals surface area contributed by atoms with Gasteiger partial charge in [0.15, 0.2) is 0 Å². The lowest BCUT2D eigenvalue weighted by molar-refractivity contribution is -0.125. The topological polar surface area (TPSA) is 46.9 Å². The van der Waals surface area contributed by atoms with Crippen LogP contribution < -0.4 is 5.32 Å². The van der Waals surface area contributed by atoms with Crippen molar-refractivity contribution in [3.8, 4) is 0 Å². The van der Waals surface area contributed by atoms with E-state index in [0.717, 1.165) is 29.0 Å². The third-order valence-corrected chi connectivity index (χ3v) is 4.52. The van der Waals surface area contributed by atoms with Crippen LogP contribution in [0.1, 0.15) is 32.2 Å². The van der Waals surface area contributed by atoms with Gasteiger partial charge in [-0.15, -0.1) is 0 Å². The van der Waals surface area contributed by atoms with Crippen LogP contribution in [0, 0.1) is 0 Å². The van der Waals surface area contributed by atoms with Gasteiger partial charge in [0, 0.05) is 6.54 Å². The van der Waals surface area contributed by atoms with Crippen LogP contribution in [0.25, 0.3) is 11.0 Å². The average molecular weight is 321 g/mol. The monoisotopic (exact) mass is 321 g/mol. The summed E-state index contributed by atoms with van der Waals surface area (Å²) in [4.78, 5) is 17.4. The van der Waals surface area contributed by atoms with Crippen LogP contribution in [-0.2, 0) is 23.3 Å². The molecule has 124 valence electrons. The van der Waals surface area contributed by atoms with Gasteiger partial charge in [0.05, 0.1) is 23.0 Å². The van der Waals surface area contributed by atoms with Gasteiger partial charge in [0.1, 0.15) is 5.82 Å². The fourth-order valence-corrected chi connectivity index (χ4v) is 2.98. The van der Waals surface area contributed by atoms with Gasteiger partial charge in [-0.3, -0.25) is 4.79 Å². The van der Waals surface area contributed by atoms with Crippen LogP contribution in [0.15, 0.2) is 54.6 Å². The zero-order valence-electron chi connectivity index (χ0n) is 14.4. The predicted octanol–water partition coefficient (Wildman–Crippen LogP) is 3.65. The van der Waals surface area contributed by atoms with Crippen molar-refractivity contribution in [2.75, 3.05) is 0 Å². The molecule has 0 spiro atoms. The molecule has 2 aromatic carbocycles. The highest BCUT2D eigenvalue weighted by Crippen LogP contribution is 2.23. The quantitative estimate of drug-likeness (QED) is 0.780. The van der Waals surface area contributed by atoms with Crippen LogP contribution in [0.5, 0.6) is 0 Å². The van der Waals surface area contributed by atoms with Crippen molar-refractivity contribution >= 4 is 16.9 Å². The molecule has 1 N–H and O–H groups in total. The number of carbonyl (C=O) groups is 1. The number of hydrogen-bond acceptors (Lipinski definition) is 2. The zero-order chi connectivity index (χ0) is 17.2. The van der Waals surface area contributed by atoms with Gasteiger partial charge in [0.2, 0.25) is 5.91 Å². The Labute approximate surface area is 142 Å². The van der Waals surface area contributed by atoms with Crippen LogP contribution in [0.3, 0.4) is 0 Å². The Morgan fingerprint density at radius 1 is 1.08 bits per heavy atom. The van der Waals surface area contributed by atoms with Gasteiger partial charge >= 0.3 is 0 Å².